The van der Waals surface area contributed by atoms with Crippen LogP contribution in [0, 0.1) is 13.8 Å². The second-order valence-electron chi connectivity index (χ2n) is 7.78. The van der Waals surface area contributed by atoms with E-state index in [1.54, 1.807) is 55.5 Å². The second-order valence-corrected chi connectivity index (χ2v) is 10.4. The summed E-state index contributed by atoms with van der Waals surface area (Å²) in [5.74, 6) is -0.454. The van der Waals surface area contributed by atoms with Gasteiger partial charge in [-0.1, -0.05) is 47.2 Å². The number of thiazole rings is 1. The Balaban J connectivity index is 1.93. The van der Waals surface area contributed by atoms with Crippen LogP contribution in [-0.2, 0) is 19.6 Å². The van der Waals surface area contributed by atoms with Crippen molar-refractivity contribution < 1.29 is 18.0 Å². The normalized spacial score (nSPS) is 11.8. The Morgan fingerprint density at radius 2 is 1.64 bits per heavy atom. The number of hydrazine groups is 1. The molecular weight excluding hydrogens is 500 g/mol. The molecule has 0 radical (unpaired) electrons. The Hall–Kier alpha value is -4.03. The molecule has 188 valence electrons. The molecule has 12 heteroatoms. The maximum absolute atomic E-state index is 12.8. The number of hydrogen-bond donors (Lipinski definition) is 4. The molecule has 0 saturated heterocycles. The molecule has 0 atom stereocenters. The van der Waals surface area contributed by atoms with Crippen LogP contribution >= 0.6 is 11.3 Å². The van der Waals surface area contributed by atoms with Gasteiger partial charge in [-0.2, -0.15) is 18.4 Å². The third-order valence-corrected chi connectivity index (χ3v) is 6.98. The van der Waals surface area contributed by atoms with E-state index in [2.05, 4.69) is 31.1 Å². The molecule has 0 aliphatic rings. The molecule has 2 amide bonds. The van der Waals surface area contributed by atoms with E-state index in [1.165, 1.54) is 37.3 Å². The number of carbonyl (C=O) groups is 2. The van der Waals surface area contributed by atoms with E-state index < -0.39 is 10.0 Å². The van der Waals surface area contributed by atoms with Gasteiger partial charge in [0.15, 0.2) is 0 Å². The minimum atomic E-state index is -3.91. The largest absolute Gasteiger partial charge is 0.326 e. The number of allylic oxidation sites excluding steroid dienone is 1. The molecule has 2 aromatic carbocycles. The van der Waals surface area contributed by atoms with Crippen LogP contribution in [0.15, 0.2) is 64.6 Å². The summed E-state index contributed by atoms with van der Waals surface area (Å²) in [6.45, 7) is 6.42. The number of sulfonamides is 1. The Morgan fingerprint density at radius 3 is 2.25 bits per heavy atom. The first kappa shape index (κ1) is 26.6. The molecule has 0 aliphatic heterocycles. The Labute approximate surface area is 213 Å². The maximum Gasteiger partial charge on any atom is 0.276 e. The molecule has 36 heavy (non-hydrogen) atoms. The van der Waals surface area contributed by atoms with Crippen molar-refractivity contribution in [3.63, 3.8) is 0 Å². The van der Waals surface area contributed by atoms with Crippen LogP contribution in [0.5, 0.6) is 0 Å². The number of nitrogens with one attached hydrogen (secondary N) is 4. The van der Waals surface area contributed by atoms with Crippen molar-refractivity contribution >= 4 is 55.8 Å². The van der Waals surface area contributed by atoms with Gasteiger partial charge in [0.25, 0.3) is 10.0 Å². The van der Waals surface area contributed by atoms with Crippen molar-refractivity contribution in [2.75, 3.05) is 10.7 Å². The number of amides is 2. The Bertz CT molecular complexity index is 1410. The zero-order valence-electron chi connectivity index (χ0n) is 20.1. The first-order valence-electron chi connectivity index (χ1n) is 10.8. The third-order valence-electron chi connectivity index (χ3n) is 4.66. The summed E-state index contributed by atoms with van der Waals surface area (Å²) in [6.07, 6.45) is 3.42. The van der Waals surface area contributed by atoms with Gasteiger partial charge in [0.05, 0.1) is 15.5 Å². The zero-order chi connectivity index (χ0) is 26.3. The molecule has 1 aromatic heterocycles. The number of rotatable bonds is 9. The number of benzene rings is 2. The molecule has 1 heterocycles. The van der Waals surface area contributed by atoms with Gasteiger partial charge in [0.1, 0.15) is 5.71 Å². The highest BCUT2D eigenvalue weighted by atomic mass is 32.2. The summed E-state index contributed by atoms with van der Waals surface area (Å²) in [5, 5.41) is 7.31. The molecule has 3 aromatic rings. The van der Waals surface area contributed by atoms with Crippen molar-refractivity contribution in [1.29, 1.82) is 0 Å². The van der Waals surface area contributed by atoms with Crippen molar-refractivity contribution in [3.8, 4) is 0 Å². The van der Waals surface area contributed by atoms with E-state index in [4.69, 9.17) is 0 Å². The lowest BCUT2D eigenvalue weighted by atomic mass is 10.1. The molecule has 0 unspecified atom stereocenters. The Morgan fingerprint density at radius 1 is 0.972 bits per heavy atom. The van der Waals surface area contributed by atoms with Gasteiger partial charge in [-0.25, -0.2) is 4.98 Å². The number of hydrogen-bond acceptors (Lipinski definition) is 8. The lowest BCUT2D eigenvalue weighted by Crippen LogP contribution is -2.26. The fraction of sp³-hybridized carbons (Fsp3) is 0.167. The molecule has 3 rings (SSSR count). The highest BCUT2D eigenvalue weighted by Gasteiger charge is 2.16. The predicted octanol–water partition coefficient (Wildman–Crippen LogP) is 3.58. The standard InChI is InChI=1S/C24H26N6O4S2/c1-15-5-12-21(13-6-15)36(33,34)30-28-22(23-16(2)25-24(35-23)29-27-18(4)32)14-9-19-7-10-20(11-8-19)26-17(3)31/h5-14,30H,1-4H3,(H,25,29)(H,26,31)(H,27,32)/b14-9-,28-22+. The number of aromatic nitrogens is 1. The van der Waals surface area contributed by atoms with Crippen LogP contribution in [0.2, 0.25) is 0 Å². The van der Waals surface area contributed by atoms with Crippen molar-refractivity contribution in [2.24, 2.45) is 5.10 Å². The lowest BCUT2D eigenvalue weighted by molar-refractivity contribution is -0.118. The van der Waals surface area contributed by atoms with E-state index in [1.807, 2.05) is 6.92 Å². The average molecular weight is 527 g/mol. The van der Waals surface area contributed by atoms with Crippen LogP contribution in [0.25, 0.3) is 6.08 Å². The van der Waals surface area contributed by atoms with Crippen LogP contribution in [-0.4, -0.2) is 30.9 Å². The van der Waals surface area contributed by atoms with Gasteiger partial charge in [0, 0.05) is 19.5 Å². The lowest BCUT2D eigenvalue weighted by Gasteiger charge is -2.06. The van der Waals surface area contributed by atoms with E-state index in [9.17, 15) is 18.0 Å². The van der Waals surface area contributed by atoms with Crippen molar-refractivity contribution in [3.05, 3.63) is 76.3 Å². The van der Waals surface area contributed by atoms with E-state index >= 15 is 0 Å². The number of carbonyl (C=O) groups excluding carboxylic acids is 2. The van der Waals surface area contributed by atoms with Crippen LogP contribution in [0.1, 0.15) is 35.5 Å². The third kappa shape index (κ3) is 7.48. The van der Waals surface area contributed by atoms with Crippen molar-refractivity contribution in [1.82, 2.24) is 15.2 Å². The van der Waals surface area contributed by atoms with E-state index in [0.29, 0.717) is 27.1 Å². The van der Waals surface area contributed by atoms with Crippen LogP contribution in [0.4, 0.5) is 10.8 Å². The SMILES string of the molecule is CC(=O)NNc1nc(C)c(C(/C=C\c2ccc(NC(C)=O)cc2)=N/NS(=O)(=O)c2ccc(C)cc2)s1. The zero-order valence-corrected chi connectivity index (χ0v) is 21.8. The summed E-state index contributed by atoms with van der Waals surface area (Å²) in [6, 6.07) is 13.5. The average Bonchev–Trinajstić information content (AvgIpc) is 3.19. The molecular formula is C24H26N6O4S2. The van der Waals surface area contributed by atoms with E-state index in [-0.39, 0.29) is 16.7 Å². The number of hydrazone groups is 1. The van der Waals surface area contributed by atoms with Crippen LogP contribution in [0.3, 0.4) is 0 Å². The van der Waals surface area contributed by atoms with Gasteiger partial charge in [-0.3, -0.25) is 20.4 Å². The highest BCUT2D eigenvalue weighted by Crippen LogP contribution is 2.24. The topological polar surface area (TPSA) is 142 Å². The van der Waals surface area contributed by atoms with Crippen molar-refractivity contribution in [2.45, 2.75) is 32.6 Å². The number of anilines is 2. The molecule has 0 aliphatic carbocycles. The Kier molecular flexibility index (Phi) is 8.56. The first-order valence-corrected chi connectivity index (χ1v) is 13.1. The monoisotopic (exact) mass is 526 g/mol. The van der Waals surface area contributed by atoms with Gasteiger partial charge in [-0.05, 0) is 49.8 Å². The second kappa shape index (κ2) is 11.6. The van der Waals surface area contributed by atoms with Gasteiger partial charge in [-0.15, -0.1) is 0 Å². The molecule has 0 spiro atoms. The summed E-state index contributed by atoms with van der Waals surface area (Å²) < 4.78 is 25.6. The maximum atomic E-state index is 12.8. The van der Waals surface area contributed by atoms with E-state index in [0.717, 1.165) is 11.1 Å². The molecule has 4 N–H and O–H groups in total. The molecule has 0 bridgehead atoms. The summed E-state index contributed by atoms with van der Waals surface area (Å²) in [4.78, 5) is 29.8. The summed E-state index contributed by atoms with van der Waals surface area (Å²) in [7, 11) is -3.91. The molecule has 0 saturated carbocycles. The predicted molar refractivity (Wildman–Crippen MR) is 142 cm³/mol. The smallest absolute Gasteiger partial charge is 0.276 e. The quantitative estimate of drug-likeness (QED) is 0.248. The number of aryl methyl sites for hydroxylation is 2. The fourth-order valence-electron chi connectivity index (χ4n) is 2.93. The summed E-state index contributed by atoms with van der Waals surface area (Å²) >= 11 is 1.20. The van der Waals surface area contributed by atoms with Gasteiger partial charge < -0.3 is 5.32 Å². The minimum absolute atomic E-state index is 0.0859. The fourth-order valence-corrected chi connectivity index (χ4v) is 4.64. The first-order chi connectivity index (χ1) is 17.0. The van der Waals surface area contributed by atoms with Crippen LogP contribution < -0.4 is 21.0 Å². The van der Waals surface area contributed by atoms with Gasteiger partial charge >= 0.3 is 0 Å². The molecule has 0 fully saturated rings. The highest BCUT2D eigenvalue weighted by molar-refractivity contribution is 7.89. The summed E-state index contributed by atoms with van der Waals surface area (Å²) in [5.41, 5.74) is 8.48. The van der Waals surface area contributed by atoms with Gasteiger partial charge in [0.2, 0.25) is 16.9 Å². The minimum Gasteiger partial charge on any atom is -0.326 e. The number of nitrogens with zero attached hydrogens (tertiary/aromatic N) is 2. The molecule has 10 nitrogen and oxygen atoms in total.